The first-order valence-electron chi connectivity index (χ1n) is 11.3. The Morgan fingerprint density at radius 1 is 1.29 bits per heavy atom. The topological polar surface area (TPSA) is 91.3 Å². The van der Waals surface area contributed by atoms with Gasteiger partial charge < -0.3 is 9.64 Å². The first kappa shape index (κ1) is 24.0. The Balaban J connectivity index is 0.00000342. The van der Waals surface area contributed by atoms with Crippen molar-refractivity contribution in [1.29, 1.82) is 0 Å². The molecule has 182 valence electrons. The summed E-state index contributed by atoms with van der Waals surface area (Å²) in [5.74, 6) is 1.01. The number of ether oxygens (including phenoxy) is 1. The number of nitrogens with one attached hydrogen (secondary N) is 1. The van der Waals surface area contributed by atoms with Crippen molar-refractivity contribution in [3.05, 3.63) is 71.8 Å². The molecular formula is C25H32N4O4S. The van der Waals surface area contributed by atoms with Crippen LogP contribution in [0.5, 0.6) is 5.75 Å². The number of nitrogens with zero attached hydrogens (tertiary/aromatic N) is 3. The smallest absolute Gasteiger partial charge is 0.264 e. The average molecular weight is 485 g/mol. The van der Waals surface area contributed by atoms with Crippen LogP contribution in [0.25, 0.3) is 0 Å². The van der Waals surface area contributed by atoms with Crippen LogP contribution >= 0.6 is 0 Å². The maximum atomic E-state index is 13.1. The van der Waals surface area contributed by atoms with E-state index in [1.165, 1.54) is 32.2 Å². The molecule has 1 aliphatic heterocycles. The Kier molecular flexibility index (Phi) is 7.04. The number of carbonyl (C=O) groups is 1. The molecule has 1 saturated carbocycles. The number of carbonyl (C=O) groups excluding carboxylic acids is 1. The number of benzene rings is 1. The molecule has 3 aliphatic rings. The molecule has 0 radical (unpaired) electrons. The molecule has 0 aromatic heterocycles. The number of hydrogen-bond acceptors (Lipinski definition) is 6. The van der Waals surface area contributed by atoms with Crippen molar-refractivity contribution in [3.63, 3.8) is 0 Å². The van der Waals surface area contributed by atoms with Crippen LogP contribution in [-0.4, -0.2) is 69.7 Å². The van der Waals surface area contributed by atoms with Gasteiger partial charge in [-0.3, -0.25) is 19.4 Å². The van der Waals surface area contributed by atoms with Gasteiger partial charge in [0.1, 0.15) is 10.7 Å². The van der Waals surface area contributed by atoms with Crippen LogP contribution in [0.1, 0.15) is 24.6 Å². The standard InChI is InChI=1S/C25H30N4O4S.H2/c1-4-26-24-18(2)6-5-7-23(24)34(31,32)27-21-11-10-20(16-22(21)33-3)25(30)29-14-12-28(13-15-29)17-19-8-9-19;/h4-7,10-11,16,19,27H,1-2,8-9,12-15,17H2,3H3;1H. The second-order valence-electron chi connectivity index (χ2n) is 8.63. The van der Waals surface area contributed by atoms with E-state index in [0.717, 1.165) is 25.6 Å². The lowest BCUT2D eigenvalue weighted by Gasteiger charge is -2.34. The zero-order valence-electron chi connectivity index (χ0n) is 19.4. The van der Waals surface area contributed by atoms with Crippen LogP contribution in [-0.2, 0) is 10.0 Å². The highest BCUT2D eigenvalue weighted by Crippen LogP contribution is 2.31. The minimum atomic E-state index is -4.00. The van der Waals surface area contributed by atoms with Crippen LogP contribution < -0.4 is 9.46 Å². The normalized spacial score (nSPS) is 20.3. The quantitative estimate of drug-likeness (QED) is 0.610. The van der Waals surface area contributed by atoms with E-state index in [1.54, 1.807) is 30.4 Å². The fraction of sp³-hybridized carbons (Fsp3) is 0.360. The molecule has 8 nitrogen and oxygen atoms in total. The molecule has 1 saturated heterocycles. The van der Waals surface area contributed by atoms with Crippen molar-refractivity contribution in [2.24, 2.45) is 10.9 Å². The van der Waals surface area contributed by atoms with Crippen molar-refractivity contribution in [3.8, 4) is 5.75 Å². The second-order valence-corrected chi connectivity index (χ2v) is 10.3. The molecule has 1 N–H and O–H groups in total. The Morgan fingerprint density at radius 3 is 2.68 bits per heavy atom. The predicted octanol–water partition coefficient (Wildman–Crippen LogP) is 3.45. The average Bonchev–Trinajstić information content (AvgIpc) is 3.64. The van der Waals surface area contributed by atoms with Crippen LogP contribution in [0.3, 0.4) is 0 Å². The van der Waals surface area contributed by atoms with Crippen molar-refractivity contribution in [2.45, 2.75) is 12.8 Å². The van der Waals surface area contributed by atoms with E-state index in [1.807, 2.05) is 4.90 Å². The van der Waals surface area contributed by atoms with E-state index in [2.05, 4.69) is 27.8 Å². The minimum Gasteiger partial charge on any atom is -0.495 e. The molecule has 2 fully saturated rings. The SMILES string of the molecule is C=CN=C1C(=C)C=CC=C1S(=O)(=O)Nc1ccc(C(=O)N2CCN(CC3CC3)CC2)cc1OC.[HH]. The molecular weight excluding hydrogens is 452 g/mol. The maximum Gasteiger partial charge on any atom is 0.264 e. The van der Waals surface area contributed by atoms with Gasteiger partial charge in [-0.2, -0.15) is 0 Å². The van der Waals surface area contributed by atoms with Gasteiger partial charge in [0, 0.05) is 45.9 Å². The van der Waals surface area contributed by atoms with Crippen molar-refractivity contribution in [1.82, 2.24) is 9.80 Å². The van der Waals surface area contributed by atoms with Crippen molar-refractivity contribution < 1.29 is 19.4 Å². The highest BCUT2D eigenvalue weighted by atomic mass is 32.2. The highest BCUT2D eigenvalue weighted by Gasteiger charge is 2.29. The summed E-state index contributed by atoms with van der Waals surface area (Å²) in [5, 5.41) is 0. The van der Waals surface area contributed by atoms with Crippen LogP contribution in [0.2, 0.25) is 0 Å². The van der Waals surface area contributed by atoms with Crippen LogP contribution in [0.15, 0.2) is 71.3 Å². The van der Waals surface area contributed by atoms with E-state index < -0.39 is 10.0 Å². The Hall–Kier alpha value is -3.17. The third-order valence-electron chi connectivity index (χ3n) is 6.16. The maximum absolute atomic E-state index is 13.1. The van der Waals surface area contributed by atoms with Gasteiger partial charge >= 0.3 is 0 Å². The fourth-order valence-electron chi connectivity index (χ4n) is 4.11. The number of rotatable bonds is 8. The summed E-state index contributed by atoms with van der Waals surface area (Å²) < 4.78 is 34.2. The summed E-state index contributed by atoms with van der Waals surface area (Å²) >= 11 is 0. The van der Waals surface area contributed by atoms with Crippen LogP contribution in [0.4, 0.5) is 5.69 Å². The molecule has 0 spiro atoms. The summed E-state index contributed by atoms with van der Waals surface area (Å²) in [5.41, 5.74) is 1.37. The molecule has 9 heteroatoms. The monoisotopic (exact) mass is 484 g/mol. The zero-order valence-corrected chi connectivity index (χ0v) is 20.2. The molecule has 4 rings (SSSR count). The number of piperazine rings is 1. The van der Waals surface area contributed by atoms with Gasteiger partial charge in [-0.05, 0) is 48.6 Å². The van der Waals surface area contributed by atoms with Gasteiger partial charge in [0.15, 0.2) is 0 Å². The van der Waals surface area contributed by atoms with Crippen LogP contribution in [0, 0.1) is 5.92 Å². The lowest BCUT2D eigenvalue weighted by molar-refractivity contribution is 0.0631. The van der Waals surface area contributed by atoms with Gasteiger partial charge in [0.2, 0.25) is 0 Å². The Labute approximate surface area is 202 Å². The fourth-order valence-corrected chi connectivity index (χ4v) is 5.38. The first-order chi connectivity index (χ1) is 16.3. The molecule has 0 unspecified atom stereocenters. The molecule has 2 aliphatic carbocycles. The number of methoxy groups -OCH3 is 1. The number of anilines is 1. The Bertz CT molecular complexity index is 1190. The molecule has 0 atom stereocenters. The first-order valence-corrected chi connectivity index (χ1v) is 12.8. The van der Waals surface area contributed by atoms with Gasteiger partial charge in [-0.25, -0.2) is 8.42 Å². The molecule has 1 heterocycles. The largest absolute Gasteiger partial charge is 0.495 e. The molecule has 0 bridgehead atoms. The Morgan fingerprint density at radius 2 is 2.03 bits per heavy atom. The summed E-state index contributed by atoms with van der Waals surface area (Å²) in [6, 6.07) is 4.74. The van der Waals surface area contributed by atoms with E-state index >= 15 is 0 Å². The van der Waals surface area contributed by atoms with E-state index in [4.69, 9.17) is 4.74 Å². The van der Waals surface area contributed by atoms with E-state index in [-0.39, 0.29) is 29.4 Å². The number of hydrogen-bond donors (Lipinski definition) is 1. The molecule has 1 aromatic rings. The summed E-state index contributed by atoms with van der Waals surface area (Å²) in [7, 11) is -2.56. The van der Waals surface area contributed by atoms with Gasteiger partial charge in [-0.15, -0.1) is 0 Å². The third-order valence-corrected chi connectivity index (χ3v) is 7.56. The van der Waals surface area contributed by atoms with E-state index in [0.29, 0.717) is 24.2 Å². The van der Waals surface area contributed by atoms with Gasteiger partial charge in [-0.1, -0.05) is 25.3 Å². The van der Waals surface area contributed by atoms with E-state index in [9.17, 15) is 13.2 Å². The lowest BCUT2D eigenvalue weighted by atomic mass is 10.1. The van der Waals surface area contributed by atoms with Crippen molar-refractivity contribution >= 4 is 27.3 Å². The molecule has 1 aromatic carbocycles. The number of amides is 1. The zero-order chi connectivity index (χ0) is 24.3. The number of aliphatic imine (C=N–C) groups is 1. The predicted molar refractivity (Wildman–Crippen MR) is 137 cm³/mol. The van der Waals surface area contributed by atoms with Gasteiger partial charge in [0.25, 0.3) is 15.9 Å². The number of allylic oxidation sites excluding steroid dienone is 5. The highest BCUT2D eigenvalue weighted by molar-refractivity contribution is 7.97. The van der Waals surface area contributed by atoms with Gasteiger partial charge in [0.05, 0.1) is 18.5 Å². The summed E-state index contributed by atoms with van der Waals surface area (Å²) in [6.45, 7) is 11.6. The molecule has 34 heavy (non-hydrogen) atoms. The minimum absolute atomic E-state index is 0. The third kappa shape index (κ3) is 5.31. The second kappa shape index (κ2) is 9.99. The summed E-state index contributed by atoms with van der Waals surface area (Å²) in [6.07, 6.45) is 8.64. The number of sulfonamides is 1. The lowest BCUT2D eigenvalue weighted by Crippen LogP contribution is -2.49. The van der Waals surface area contributed by atoms with Crippen molar-refractivity contribution in [2.75, 3.05) is 44.6 Å². The summed E-state index contributed by atoms with van der Waals surface area (Å²) in [4.78, 5) is 21.4. The molecule has 1 amide bonds.